The Hall–Kier alpha value is -3.12. The molecule has 0 atom stereocenters. The molecule has 0 amide bonds. The Labute approximate surface area is 177 Å². The number of pyridine rings is 1. The number of hydrogen-bond donors (Lipinski definition) is 0. The van der Waals surface area contributed by atoms with Crippen molar-refractivity contribution in [2.24, 2.45) is 0 Å². The predicted octanol–water partition coefficient (Wildman–Crippen LogP) is 7.69. The number of fused-ring (bicyclic) bond motifs is 3. The molecule has 4 aromatic rings. The van der Waals surface area contributed by atoms with Gasteiger partial charge in [-0.1, -0.05) is 51.3 Å². The highest BCUT2D eigenvalue weighted by Gasteiger charge is 2.28. The average Bonchev–Trinajstić information content (AvgIpc) is 3.17. The summed E-state index contributed by atoms with van der Waals surface area (Å²) in [4.78, 5) is 4.55. The molecule has 0 bridgehead atoms. The summed E-state index contributed by atoms with van der Waals surface area (Å²) < 4.78 is 6.66. The first kappa shape index (κ1) is 18.9. The van der Waals surface area contributed by atoms with Crippen LogP contribution in [0.15, 0.2) is 53.1 Å². The summed E-state index contributed by atoms with van der Waals surface area (Å²) in [7, 11) is 0. The van der Waals surface area contributed by atoms with Crippen molar-refractivity contribution >= 4 is 21.9 Å². The van der Waals surface area contributed by atoms with E-state index < -0.39 is 0 Å². The molecule has 30 heavy (non-hydrogen) atoms. The number of hydrogen-bond acceptors (Lipinski definition) is 3. The highest BCUT2D eigenvalue weighted by molar-refractivity contribution is 6.11. The maximum Gasteiger partial charge on any atom is 0.144 e. The molecule has 2 heterocycles. The van der Waals surface area contributed by atoms with Crippen molar-refractivity contribution in [2.45, 2.75) is 57.8 Å². The Kier molecular flexibility index (Phi) is 4.79. The summed E-state index contributed by atoms with van der Waals surface area (Å²) in [6.45, 7) is 4.38. The number of benzene rings is 2. The minimum absolute atomic E-state index is 0.282. The second kappa shape index (κ2) is 7.61. The molecule has 1 aliphatic rings. The molecule has 0 saturated heterocycles. The molecule has 3 nitrogen and oxygen atoms in total. The number of nitriles is 1. The molecule has 2 aromatic carbocycles. The molecular formula is C27H26N2O. The maximum atomic E-state index is 10.0. The van der Waals surface area contributed by atoms with Gasteiger partial charge in [0.1, 0.15) is 11.2 Å². The Morgan fingerprint density at radius 1 is 1.00 bits per heavy atom. The summed E-state index contributed by atoms with van der Waals surface area (Å²) in [5.41, 5.74) is 7.01. The number of rotatable bonds is 3. The molecule has 2 aromatic heterocycles. The van der Waals surface area contributed by atoms with Gasteiger partial charge in [0.15, 0.2) is 0 Å². The average molecular weight is 395 g/mol. The first-order valence-corrected chi connectivity index (χ1v) is 11.0. The Morgan fingerprint density at radius 2 is 1.83 bits per heavy atom. The normalized spacial score (nSPS) is 15.1. The van der Waals surface area contributed by atoms with Gasteiger partial charge >= 0.3 is 0 Å². The van der Waals surface area contributed by atoms with Crippen LogP contribution in [0.4, 0.5) is 0 Å². The molecule has 1 saturated carbocycles. The van der Waals surface area contributed by atoms with Crippen LogP contribution in [0.1, 0.15) is 74.5 Å². The van der Waals surface area contributed by atoms with Crippen molar-refractivity contribution in [1.82, 2.24) is 4.98 Å². The van der Waals surface area contributed by atoms with E-state index in [4.69, 9.17) is 4.42 Å². The van der Waals surface area contributed by atoms with Gasteiger partial charge in [0.05, 0.1) is 17.3 Å². The second-order valence-corrected chi connectivity index (χ2v) is 8.73. The van der Waals surface area contributed by atoms with Gasteiger partial charge in [0.2, 0.25) is 0 Å². The fourth-order valence-corrected chi connectivity index (χ4v) is 5.21. The van der Waals surface area contributed by atoms with E-state index in [9.17, 15) is 5.26 Å². The van der Waals surface area contributed by atoms with Crippen LogP contribution in [-0.4, -0.2) is 4.98 Å². The van der Waals surface area contributed by atoms with Crippen LogP contribution in [0.5, 0.6) is 0 Å². The highest BCUT2D eigenvalue weighted by Crippen LogP contribution is 2.45. The number of aromatic nitrogens is 1. The first-order chi connectivity index (χ1) is 14.7. The fraction of sp³-hybridized carbons (Fsp3) is 0.333. The second-order valence-electron chi connectivity index (χ2n) is 8.73. The Balaban J connectivity index is 1.87. The van der Waals surface area contributed by atoms with E-state index in [0.717, 1.165) is 38.8 Å². The molecule has 0 spiro atoms. The Morgan fingerprint density at radius 3 is 2.53 bits per heavy atom. The molecule has 5 rings (SSSR count). The molecule has 150 valence electrons. The van der Waals surface area contributed by atoms with Crippen molar-refractivity contribution in [1.29, 1.82) is 5.26 Å². The van der Waals surface area contributed by atoms with Crippen molar-refractivity contribution in [2.75, 3.05) is 0 Å². The van der Waals surface area contributed by atoms with E-state index in [2.05, 4.69) is 43.1 Å². The van der Waals surface area contributed by atoms with E-state index in [1.165, 1.54) is 43.2 Å². The smallest absolute Gasteiger partial charge is 0.144 e. The van der Waals surface area contributed by atoms with Gasteiger partial charge in [0.25, 0.3) is 0 Å². The van der Waals surface area contributed by atoms with E-state index in [-0.39, 0.29) is 5.92 Å². The van der Waals surface area contributed by atoms with Crippen molar-refractivity contribution in [3.8, 4) is 17.3 Å². The molecule has 0 radical (unpaired) electrons. The fourth-order valence-electron chi connectivity index (χ4n) is 5.21. The van der Waals surface area contributed by atoms with Crippen LogP contribution in [-0.2, 0) is 0 Å². The van der Waals surface area contributed by atoms with Crippen molar-refractivity contribution in [3.63, 3.8) is 0 Å². The van der Waals surface area contributed by atoms with E-state index >= 15 is 0 Å². The van der Waals surface area contributed by atoms with E-state index in [0.29, 0.717) is 5.92 Å². The van der Waals surface area contributed by atoms with Crippen LogP contribution < -0.4 is 0 Å². The van der Waals surface area contributed by atoms with Gasteiger partial charge in [-0.05, 0) is 54.5 Å². The van der Waals surface area contributed by atoms with Crippen molar-refractivity contribution < 1.29 is 4.42 Å². The molecular weight excluding hydrogens is 368 g/mol. The summed E-state index contributed by atoms with van der Waals surface area (Å²) in [6, 6.07) is 16.7. The summed E-state index contributed by atoms with van der Waals surface area (Å²) in [5.74, 6) is 0.746. The standard InChI is InChI=1S/C27H26N2O/c1-17(2)24-19(16-28)15-22-20-11-8-12-21(23-13-6-7-14-29-23)26(20)30-27(22)25(24)18-9-4-3-5-10-18/h6-8,11-15,17-18H,3-5,9-10H2,1-2H3. The predicted molar refractivity (Wildman–Crippen MR) is 122 cm³/mol. The largest absolute Gasteiger partial charge is 0.455 e. The van der Waals surface area contributed by atoms with Crippen LogP contribution in [0.2, 0.25) is 0 Å². The molecule has 0 N–H and O–H groups in total. The lowest BCUT2D eigenvalue weighted by Crippen LogP contribution is -2.10. The van der Waals surface area contributed by atoms with Crippen LogP contribution >= 0.6 is 0 Å². The SMILES string of the molecule is CC(C)c1c(C#N)cc2c(oc3c(-c4ccccn4)cccc32)c1C1CCCCC1. The number of nitrogens with zero attached hydrogens (tertiary/aromatic N) is 2. The lowest BCUT2D eigenvalue weighted by atomic mass is 9.77. The summed E-state index contributed by atoms with van der Waals surface area (Å²) in [5, 5.41) is 12.1. The van der Waals surface area contributed by atoms with E-state index in [1.807, 2.05) is 30.5 Å². The van der Waals surface area contributed by atoms with Gasteiger partial charge in [-0.3, -0.25) is 4.98 Å². The monoisotopic (exact) mass is 394 g/mol. The van der Waals surface area contributed by atoms with Gasteiger partial charge < -0.3 is 4.42 Å². The lowest BCUT2D eigenvalue weighted by Gasteiger charge is -2.26. The van der Waals surface area contributed by atoms with Crippen LogP contribution in [0.3, 0.4) is 0 Å². The quantitative estimate of drug-likeness (QED) is 0.358. The molecule has 1 aliphatic carbocycles. The number of para-hydroxylation sites is 1. The number of furan rings is 1. The summed E-state index contributed by atoms with van der Waals surface area (Å²) >= 11 is 0. The minimum atomic E-state index is 0.282. The highest BCUT2D eigenvalue weighted by atomic mass is 16.3. The van der Waals surface area contributed by atoms with Gasteiger partial charge in [0, 0.05) is 28.1 Å². The van der Waals surface area contributed by atoms with E-state index in [1.54, 1.807) is 0 Å². The van der Waals surface area contributed by atoms with Gasteiger partial charge in [-0.2, -0.15) is 5.26 Å². The lowest BCUT2D eigenvalue weighted by molar-refractivity contribution is 0.439. The Bertz CT molecular complexity index is 1260. The zero-order chi connectivity index (χ0) is 20.7. The maximum absolute atomic E-state index is 10.0. The summed E-state index contributed by atoms with van der Waals surface area (Å²) in [6.07, 6.45) is 7.97. The molecule has 1 fully saturated rings. The van der Waals surface area contributed by atoms with Crippen LogP contribution in [0, 0.1) is 11.3 Å². The third-order valence-electron chi connectivity index (χ3n) is 6.52. The van der Waals surface area contributed by atoms with Gasteiger partial charge in [-0.25, -0.2) is 0 Å². The molecule has 0 unspecified atom stereocenters. The zero-order valence-electron chi connectivity index (χ0n) is 17.6. The molecule has 3 heteroatoms. The zero-order valence-corrected chi connectivity index (χ0v) is 17.6. The third-order valence-corrected chi connectivity index (χ3v) is 6.52. The molecule has 0 aliphatic heterocycles. The first-order valence-electron chi connectivity index (χ1n) is 11.0. The topological polar surface area (TPSA) is 49.8 Å². The van der Waals surface area contributed by atoms with Gasteiger partial charge in [-0.15, -0.1) is 0 Å². The third kappa shape index (κ3) is 2.99. The minimum Gasteiger partial charge on any atom is -0.455 e. The van der Waals surface area contributed by atoms with Crippen molar-refractivity contribution in [3.05, 3.63) is 65.4 Å². The van der Waals surface area contributed by atoms with Crippen LogP contribution in [0.25, 0.3) is 33.2 Å².